The van der Waals surface area contributed by atoms with Gasteiger partial charge in [-0.05, 0) is 109 Å². The largest absolute Gasteiger partial charge is 0.300 e. The van der Waals surface area contributed by atoms with Gasteiger partial charge in [0.15, 0.2) is 0 Å². The first-order valence-electron chi connectivity index (χ1n) is 23.4. The molecule has 0 saturated heterocycles. The van der Waals surface area contributed by atoms with E-state index in [1.54, 1.807) is 41.5 Å². The molecule has 0 aromatic rings. The number of rotatable bonds is 25. The van der Waals surface area contributed by atoms with Crippen molar-refractivity contribution in [1.29, 1.82) is 0 Å². The Hall–Kier alpha value is -1.98. The van der Waals surface area contributed by atoms with E-state index < -0.39 is 0 Å². The quantitative estimate of drug-likeness (QED) is 0.0850. The van der Waals surface area contributed by atoms with Crippen LogP contribution in [0.2, 0.25) is 0 Å². The molecule has 1 unspecified atom stereocenters. The predicted molar refractivity (Wildman–Crippen MR) is 255 cm³/mol. The van der Waals surface area contributed by atoms with Crippen molar-refractivity contribution in [3.05, 3.63) is 0 Å². The van der Waals surface area contributed by atoms with Crippen molar-refractivity contribution in [2.24, 2.45) is 46.8 Å². The van der Waals surface area contributed by atoms with Crippen LogP contribution in [0, 0.1) is 46.8 Å². The van der Waals surface area contributed by atoms with E-state index in [-0.39, 0.29) is 17.1 Å². The Balaban J connectivity index is -0.000000141. The fraction of sp³-hybridized carbons (Fsp3) is 0.885. The molecule has 6 heteroatoms. The van der Waals surface area contributed by atoms with Crippen LogP contribution < -0.4 is 0 Å². The van der Waals surface area contributed by atoms with Crippen molar-refractivity contribution in [2.45, 2.75) is 255 Å². The second kappa shape index (κ2) is 44.6. The molecule has 58 heavy (non-hydrogen) atoms. The third-order valence-electron chi connectivity index (χ3n) is 9.55. The van der Waals surface area contributed by atoms with Gasteiger partial charge in [0.25, 0.3) is 0 Å². The van der Waals surface area contributed by atoms with E-state index in [0.717, 1.165) is 87.9 Å². The van der Waals surface area contributed by atoms with E-state index in [1.807, 2.05) is 34.6 Å². The molecular weight excluding hydrogens is 721 g/mol. The maximum absolute atomic E-state index is 11.1. The van der Waals surface area contributed by atoms with Crippen LogP contribution in [0.15, 0.2) is 0 Å². The summed E-state index contributed by atoms with van der Waals surface area (Å²) >= 11 is 0. The molecule has 0 saturated carbocycles. The monoisotopic (exact) mass is 825 g/mol. The van der Waals surface area contributed by atoms with Crippen LogP contribution in [-0.2, 0) is 28.8 Å². The number of carbonyl (C=O) groups excluding carboxylic acids is 6. The second-order valence-electron chi connectivity index (χ2n) is 20.2. The van der Waals surface area contributed by atoms with Gasteiger partial charge in [0, 0.05) is 37.0 Å². The van der Waals surface area contributed by atoms with E-state index in [4.69, 9.17) is 0 Å². The van der Waals surface area contributed by atoms with Gasteiger partial charge in [0.2, 0.25) is 0 Å². The van der Waals surface area contributed by atoms with Crippen LogP contribution in [0.25, 0.3) is 0 Å². The van der Waals surface area contributed by atoms with Crippen molar-refractivity contribution < 1.29 is 28.8 Å². The summed E-state index contributed by atoms with van der Waals surface area (Å²) in [5.41, 5.74) is -0.107. The predicted octanol–water partition coefficient (Wildman–Crippen LogP) is 15.7. The highest BCUT2D eigenvalue weighted by atomic mass is 16.1. The highest BCUT2D eigenvalue weighted by Gasteiger charge is 2.23. The lowest BCUT2D eigenvalue weighted by atomic mass is 9.82. The van der Waals surface area contributed by atoms with Crippen molar-refractivity contribution >= 4 is 34.7 Å². The molecule has 0 aromatic heterocycles. The lowest BCUT2D eigenvalue weighted by Crippen LogP contribution is -2.21. The number of carbonyl (C=O) groups is 6. The Kier molecular flexibility index (Phi) is 52.1. The van der Waals surface area contributed by atoms with Gasteiger partial charge in [-0.3, -0.25) is 9.59 Å². The van der Waals surface area contributed by atoms with Gasteiger partial charge in [-0.25, -0.2) is 0 Å². The number of Topliss-reactive ketones (excluding diaryl/α,β-unsaturated/α-hetero) is 6. The average molecular weight is 825 g/mol. The van der Waals surface area contributed by atoms with Crippen LogP contribution >= 0.6 is 0 Å². The molecule has 0 heterocycles. The molecule has 0 radical (unpaired) electrons. The van der Waals surface area contributed by atoms with Crippen LogP contribution in [0.1, 0.15) is 255 Å². The van der Waals surface area contributed by atoms with Crippen molar-refractivity contribution in [3.63, 3.8) is 0 Å². The van der Waals surface area contributed by atoms with Gasteiger partial charge in [-0.2, -0.15) is 0 Å². The molecule has 0 aromatic carbocycles. The normalized spacial score (nSPS) is 11.2. The SMILES string of the molecule is CC(=O)C(C)(C)CCC(C)C.CC(=O)C(C)CCC(C)C.CC(=O)CC(C)C.CC(=O)CCCC(C)C.CC(=O)CCCCC(C)C.CC(=O)CCCCCC(C)C. The smallest absolute Gasteiger partial charge is 0.135 e. The van der Waals surface area contributed by atoms with Crippen molar-refractivity contribution in [1.82, 2.24) is 0 Å². The average Bonchev–Trinajstić information content (AvgIpc) is 3.04. The molecule has 0 aliphatic rings. The molecule has 0 N–H and O–H groups in total. The fourth-order valence-electron chi connectivity index (χ4n) is 4.98. The number of hydrogen-bond acceptors (Lipinski definition) is 6. The third-order valence-corrected chi connectivity index (χ3v) is 9.55. The van der Waals surface area contributed by atoms with E-state index in [2.05, 4.69) is 69.2 Å². The summed E-state index contributed by atoms with van der Waals surface area (Å²) in [6.45, 7) is 42.1. The van der Waals surface area contributed by atoms with Crippen molar-refractivity contribution in [3.8, 4) is 0 Å². The first-order valence-corrected chi connectivity index (χ1v) is 23.4. The molecule has 6 nitrogen and oxygen atoms in total. The Labute approximate surface area is 363 Å². The van der Waals surface area contributed by atoms with Crippen molar-refractivity contribution in [2.75, 3.05) is 0 Å². The van der Waals surface area contributed by atoms with Crippen LogP contribution in [-0.4, -0.2) is 34.7 Å². The topological polar surface area (TPSA) is 102 Å². The molecule has 0 aliphatic heterocycles. The van der Waals surface area contributed by atoms with Crippen LogP contribution in [0.3, 0.4) is 0 Å². The summed E-state index contributed by atoms with van der Waals surface area (Å²) in [4.78, 5) is 63.5. The molecule has 0 spiro atoms. The van der Waals surface area contributed by atoms with Gasteiger partial charge in [0.1, 0.15) is 34.7 Å². The highest BCUT2D eigenvalue weighted by molar-refractivity contribution is 5.81. The minimum absolute atomic E-state index is 0.107. The van der Waals surface area contributed by atoms with E-state index in [9.17, 15) is 28.8 Å². The third kappa shape index (κ3) is 78.4. The lowest BCUT2D eigenvalue weighted by Gasteiger charge is -2.21. The zero-order chi connectivity index (χ0) is 47.0. The summed E-state index contributed by atoms with van der Waals surface area (Å²) in [6.07, 6.45) is 18.1. The second-order valence-corrected chi connectivity index (χ2v) is 20.2. The van der Waals surface area contributed by atoms with Gasteiger partial charge in [0.05, 0.1) is 0 Å². The minimum atomic E-state index is -0.107. The fourth-order valence-corrected chi connectivity index (χ4v) is 4.98. The van der Waals surface area contributed by atoms with Gasteiger partial charge in [-0.1, -0.05) is 155 Å². The Morgan fingerprint density at radius 2 is 0.690 bits per heavy atom. The molecule has 0 bridgehead atoms. The van der Waals surface area contributed by atoms with Gasteiger partial charge >= 0.3 is 0 Å². The Morgan fingerprint density at radius 1 is 0.362 bits per heavy atom. The molecule has 0 fully saturated rings. The molecule has 1 atom stereocenters. The maximum atomic E-state index is 11.1. The zero-order valence-corrected chi connectivity index (χ0v) is 43.0. The molecule has 348 valence electrons. The molecule has 0 amide bonds. The Bertz CT molecular complexity index is 999. The summed E-state index contributed by atoms with van der Waals surface area (Å²) in [6, 6.07) is 0. The molecule has 0 aliphatic carbocycles. The van der Waals surface area contributed by atoms with E-state index >= 15 is 0 Å². The zero-order valence-electron chi connectivity index (χ0n) is 43.0. The maximum Gasteiger partial charge on any atom is 0.135 e. The van der Waals surface area contributed by atoms with Crippen LogP contribution in [0.5, 0.6) is 0 Å². The molecule has 0 rings (SSSR count). The summed E-state index contributed by atoms with van der Waals surface area (Å²) in [7, 11) is 0. The number of ketones is 6. The standard InChI is InChI=1S/2C10H20O.2C9H18O.C8H16O.C6H12O/c1-8(2)6-7-10(4,5)9(3)11;1-9(2)7-5-4-6-8-10(3)11;1-7(2)5-6-8(3)9(4)10;1-8(2)6-4-5-7-9(3)10;1-7(2)5-4-6-8(3)9;1-5(2)4-6(3)7/h8H,6-7H2,1-5H3;9H,4-8H2,1-3H3;7-8H,5-6H2,1-4H3;8H,4-7H2,1-3H3;7H,4-6H2,1-3H3;5H,4H2,1-3H3. The first kappa shape index (κ1) is 67.8. The summed E-state index contributed by atoms with van der Waals surface area (Å²) < 4.78 is 0. The molecular formula is C52H104O6. The van der Waals surface area contributed by atoms with E-state index in [1.165, 1.54) is 44.9 Å². The number of unbranched alkanes of at least 4 members (excludes halogenated alkanes) is 3. The number of hydrogen-bond donors (Lipinski definition) is 0. The lowest BCUT2D eigenvalue weighted by molar-refractivity contribution is -0.125. The van der Waals surface area contributed by atoms with Gasteiger partial charge < -0.3 is 19.2 Å². The minimum Gasteiger partial charge on any atom is -0.300 e. The first-order chi connectivity index (χ1) is 26.4. The summed E-state index contributed by atoms with van der Waals surface area (Å²) in [5, 5.41) is 0. The Morgan fingerprint density at radius 3 is 0.966 bits per heavy atom. The summed E-state index contributed by atoms with van der Waals surface area (Å²) in [5.74, 6) is 6.43. The van der Waals surface area contributed by atoms with E-state index in [0.29, 0.717) is 40.8 Å². The van der Waals surface area contributed by atoms with Gasteiger partial charge in [-0.15, -0.1) is 0 Å². The highest BCUT2D eigenvalue weighted by Crippen LogP contribution is 2.25. The van der Waals surface area contributed by atoms with Crippen LogP contribution in [0.4, 0.5) is 0 Å².